The predicted molar refractivity (Wildman–Crippen MR) is 119 cm³/mol. The molecule has 0 aliphatic carbocycles. The standard InChI is InChI=1S/C25H33FN2O3/c1-19(2)15-28(25(30)21-9-6-10-22(26)14-21)18-24-17-27(11-12-31-24)16-23(29)13-20-7-4-3-5-8-20/h3-10,14,19,23-24,29H,11-13,15-18H2,1-2H3. The summed E-state index contributed by atoms with van der Waals surface area (Å²) in [4.78, 5) is 17.0. The number of amides is 1. The molecule has 1 aliphatic heterocycles. The highest BCUT2D eigenvalue weighted by molar-refractivity contribution is 5.94. The number of aliphatic hydroxyl groups is 1. The van der Waals surface area contributed by atoms with Crippen LogP contribution in [0, 0.1) is 11.7 Å². The Balaban J connectivity index is 1.58. The molecule has 0 saturated carbocycles. The van der Waals surface area contributed by atoms with Crippen LogP contribution in [0.25, 0.3) is 0 Å². The van der Waals surface area contributed by atoms with Crippen molar-refractivity contribution in [2.24, 2.45) is 5.92 Å². The number of hydrogen-bond donors (Lipinski definition) is 1. The molecule has 1 amide bonds. The first kappa shape index (κ1) is 23.4. The molecule has 6 heteroatoms. The van der Waals surface area contributed by atoms with Crippen LogP contribution in [0.4, 0.5) is 4.39 Å². The highest BCUT2D eigenvalue weighted by Gasteiger charge is 2.27. The van der Waals surface area contributed by atoms with Gasteiger partial charge in [-0.05, 0) is 36.1 Å². The Morgan fingerprint density at radius 2 is 2.00 bits per heavy atom. The van der Waals surface area contributed by atoms with Crippen LogP contribution < -0.4 is 0 Å². The van der Waals surface area contributed by atoms with E-state index < -0.39 is 11.9 Å². The predicted octanol–water partition coefficient (Wildman–Crippen LogP) is 3.23. The summed E-state index contributed by atoms with van der Waals surface area (Å²) in [6.07, 6.45) is 0.0104. The average molecular weight is 429 g/mol. The first-order valence-electron chi connectivity index (χ1n) is 11.0. The van der Waals surface area contributed by atoms with Crippen molar-refractivity contribution in [1.29, 1.82) is 0 Å². The largest absolute Gasteiger partial charge is 0.391 e. The van der Waals surface area contributed by atoms with Crippen molar-refractivity contribution in [3.8, 4) is 0 Å². The molecular formula is C25H33FN2O3. The summed E-state index contributed by atoms with van der Waals surface area (Å²) in [7, 11) is 0. The number of β-amino-alcohol motifs (C(OH)–C–C–N with tert-alkyl or cyclic N) is 1. The first-order valence-corrected chi connectivity index (χ1v) is 11.0. The summed E-state index contributed by atoms with van der Waals surface area (Å²) in [6.45, 7) is 7.66. The van der Waals surface area contributed by atoms with Crippen molar-refractivity contribution in [2.75, 3.05) is 39.3 Å². The minimum atomic E-state index is -0.457. The molecule has 1 fully saturated rings. The highest BCUT2D eigenvalue weighted by atomic mass is 19.1. The number of ether oxygens (including phenoxy) is 1. The van der Waals surface area contributed by atoms with Crippen LogP contribution >= 0.6 is 0 Å². The molecule has 0 aromatic heterocycles. The molecule has 0 radical (unpaired) electrons. The molecule has 168 valence electrons. The molecule has 1 aliphatic rings. The number of carbonyl (C=O) groups is 1. The molecule has 0 bridgehead atoms. The Morgan fingerprint density at radius 1 is 1.23 bits per heavy atom. The summed E-state index contributed by atoms with van der Waals surface area (Å²) in [5.74, 6) is -0.314. The van der Waals surface area contributed by atoms with E-state index in [0.29, 0.717) is 44.8 Å². The molecule has 2 unspecified atom stereocenters. The van der Waals surface area contributed by atoms with Gasteiger partial charge < -0.3 is 14.7 Å². The van der Waals surface area contributed by atoms with Crippen LogP contribution in [0.1, 0.15) is 29.8 Å². The number of nitrogens with zero attached hydrogens (tertiary/aromatic N) is 2. The number of aliphatic hydroxyl groups excluding tert-OH is 1. The van der Waals surface area contributed by atoms with Gasteiger partial charge in [0.25, 0.3) is 5.91 Å². The van der Waals surface area contributed by atoms with E-state index in [1.54, 1.807) is 17.0 Å². The molecule has 2 aromatic rings. The van der Waals surface area contributed by atoms with Crippen molar-refractivity contribution in [3.63, 3.8) is 0 Å². The Labute approximate surface area is 184 Å². The lowest BCUT2D eigenvalue weighted by Crippen LogP contribution is -2.51. The molecule has 1 N–H and O–H groups in total. The number of rotatable bonds is 9. The third-order valence-electron chi connectivity index (χ3n) is 5.37. The lowest BCUT2D eigenvalue weighted by molar-refractivity contribution is -0.0510. The maximum Gasteiger partial charge on any atom is 0.254 e. The van der Waals surface area contributed by atoms with Gasteiger partial charge in [0.2, 0.25) is 0 Å². The summed E-state index contributed by atoms with van der Waals surface area (Å²) < 4.78 is 19.6. The number of hydrogen-bond acceptors (Lipinski definition) is 4. The Hall–Kier alpha value is -2.28. The van der Waals surface area contributed by atoms with Gasteiger partial charge in [0.15, 0.2) is 0 Å². The second-order valence-electron chi connectivity index (χ2n) is 8.71. The lowest BCUT2D eigenvalue weighted by Gasteiger charge is -2.37. The first-order chi connectivity index (χ1) is 14.9. The maximum atomic E-state index is 13.6. The molecule has 5 nitrogen and oxygen atoms in total. The monoisotopic (exact) mass is 428 g/mol. The van der Waals surface area contributed by atoms with Crippen molar-refractivity contribution in [2.45, 2.75) is 32.5 Å². The zero-order valence-electron chi connectivity index (χ0n) is 18.4. The number of morpholine rings is 1. The van der Waals surface area contributed by atoms with Crippen LogP contribution in [0.3, 0.4) is 0 Å². The number of benzene rings is 2. The zero-order valence-corrected chi connectivity index (χ0v) is 18.4. The van der Waals surface area contributed by atoms with E-state index in [1.807, 2.05) is 30.3 Å². The molecule has 2 atom stereocenters. The van der Waals surface area contributed by atoms with Crippen molar-refractivity contribution >= 4 is 5.91 Å². The fraction of sp³-hybridized carbons (Fsp3) is 0.480. The van der Waals surface area contributed by atoms with Crippen molar-refractivity contribution in [1.82, 2.24) is 9.80 Å². The van der Waals surface area contributed by atoms with E-state index in [4.69, 9.17) is 4.74 Å². The van der Waals surface area contributed by atoms with Crippen molar-refractivity contribution in [3.05, 3.63) is 71.5 Å². The second kappa shape index (κ2) is 11.4. The van der Waals surface area contributed by atoms with Gasteiger partial charge in [0.1, 0.15) is 5.82 Å². The van der Waals surface area contributed by atoms with Crippen LogP contribution in [0.15, 0.2) is 54.6 Å². The molecule has 3 rings (SSSR count). The van der Waals surface area contributed by atoms with Gasteiger partial charge in [0, 0.05) is 38.3 Å². The van der Waals surface area contributed by atoms with Gasteiger partial charge in [-0.2, -0.15) is 0 Å². The molecular weight excluding hydrogens is 395 g/mol. The normalized spacial score (nSPS) is 18.2. The fourth-order valence-corrected chi connectivity index (χ4v) is 4.04. The highest BCUT2D eigenvalue weighted by Crippen LogP contribution is 2.14. The quantitative estimate of drug-likeness (QED) is 0.666. The van der Waals surface area contributed by atoms with Gasteiger partial charge in [0.05, 0.1) is 18.8 Å². The second-order valence-corrected chi connectivity index (χ2v) is 8.71. The van der Waals surface area contributed by atoms with Crippen LogP contribution in [0.5, 0.6) is 0 Å². The van der Waals surface area contributed by atoms with E-state index in [9.17, 15) is 14.3 Å². The zero-order chi connectivity index (χ0) is 22.2. The minimum Gasteiger partial charge on any atom is -0.391 e. The van der Waals surface area contributed by atoms with Gasteiger partial charge in [-0.25, -0.2) is 4.39 Å². The van der Waals surface area contributed by atoms with Gasteiger partial charge in [-0.1, -0.05) is 50.2 Å². The third-order valence-corrected chi connectivity index (χ3v) is 5.37. The third kappa shape index (κ3) is 7.42. The van der Waals surface area contributed by atoms with Gasteiger partial charge in [-0.15, -0.1) is 0 Å². The number of halogens is 1. The molecule has 2 aromatic carbocycles. The lowest BCUT2D eigenvalue weighted by atomic mass is 10.1. The Bertz CT molecular complexity index is 831. The summed E-state index contributed by atoms with van der Waals surface area (Å²) in [5.41, 5.74) is 1.47. The number of carbonyl (C=O) groups excluding carboxylic acids is 1. The molecule has 1 saturated heterocycles. The van der Waals surface area contributed by atoms with Crippen molar-refractivity contribution < 1.29 is 19.0 Å². The summed E-state index contributed by atoms with van der Waals surface area (Å²) in [6, 6.07) is 15.8. The van der Waals surface area contributed by atoms with E-state index in [0.717, 1.165) is 12.1 Å². The van der Waals surface area contributed by atoms with Crippen LogP contribution in [-0.4, -0.2) is 72.4 Å². The molecule has 31 heavy (non-hydrogen) atoms. The summed E-state index contributed by atoms with van der Waals surface area (Å²) >= 11 is 0. The maximum absolute atomic E-state index is 13.6. The topological polar surface area (TPSA) is 53.0 Å². The van der Waals surface area contributed by atoms with Gasteiger partial charge >= 0.3 is 0 Å². The smallest absolute Gasteiger partial charge is 0.254 e. The molecule has 0 spiro atoms. The van der Waals surface area contributed by atoms with Gasteiger partial charge in [-0.3, -0.25) is 9.69 Å². The Kier molecular flexibility index (Phi) is 8.58. The fourth-order valence-electron chi connectivity index (χ4n) is 4.04. The summed E-state index contributed by atoms with van der Waals surface area (Å²) in [5, 5.41) is 10.5. The SMILES string of the molecule is CC(C)CN(CC1CN(CC(O)Cc2ccccc2)CCO1)C(=O)c1cccc(F)c1. The van der Waals surface area contributed by atoms with E-state index in [-0.39, 0.29) is 17.9 Å². The van der Waals surface area contributed by atoms with E-state index in [1.165, 1.54) is 12.1 Å². The van der Waals surface area contributed by atoms with Crippen LogP contribution in [-0.2, 0) is 11.2 Å². The van der Waals surface area contributed by atoms with Crippen LogP contribution in [0.2, 0.25) is 0 Å². The average Bonchev–Trinajstić information content (AvgIpc) is 2.73. The van der Waals surface area contributed by atoms with E-state index >= 15 is 0 Å². The molecule has 1 heterocycles. The Morgan fingerprint density at radius 3 is 2.71 bits per heavy atom. The minimum absolute atomic E-state index is 0.145. The van der Waals surface area contributed by atoms with E-state index in [2.05, 4.69) is 18.7 Å².